The van der Waals surface area contributed by atoms with E-state index in [4.69, 9.17) is 4.74 Å². The minimum absolute atomic E-state index is 0.0744. The molecule has 0 spiro atoms. The Labute approximate surface area is 141 Å². The molecule has 2 aromatic rings. The molecule has 2 aromatic carbocycles. The predicted octanol–water partition coefficient (Wildman–Crippen LogP) is 2.79. The van der Waals surface area contributed by atoms with Gasteiger partial charge in [-0.3, -0.25) is 14.9 Å². The van der Waals surface area contributed by atoms with E-state index in [0.29, 0.717) is 0 Å². The van der Waals surface area contributed by atoms with Crippen LogP contribution in [0.1, 0.15) is 12.5 Å². The van der Waals surface area contributed by atoms with Crippen molar-refractivity contribution < 1.29 is 23.2 Å². The lowest BCUT2D eigenvalue weighted by Gasteiger charge is -2.07. The summed E-state index contributed by atoms with van der Waals surface area (Å²) >= 11 is 0. The SMILES string of the molecule is C/C(=N/NC(=O)COc1ccccc1[N+](=O)[O-])c1c(F)cccc1F. The Morgan fingerprint density at radius 3 is 2.48 bits per heavy atom. The summed E-state index contributed by atoms with van der Waals surface area (Å²) in [7, 11) is 0. The number of nitro groups is 1. The molecule has 0 aromatic heterocycles. The second-order valence-corrected chi connectivity index (χ2v) is 4.84. The van der Waals surface area contributed by atoms with Gasteiger partial charge in [-0.05, 0) is 25.1 Å². The van der Waals surface area contributed by atoms with Crippen molar-refractivity contribution in [3.63, 3.8) is 0 Å². The summed E-state index contributed by atoms with van der Waals surface area (Å²) in [6, 6.07) is 8.89. The summed E-state index contributed by atoms with van der Waals surface area (Å²) in [6.07, 6.45) is 0. The molecule has 0 fully saturated rings. The monoisotopic (exact) mass is 349 g/mol. The van der Waals surface area contributed by atoms with Gasteiger partial charge in [0.15, 0.2) is 12.4 Å². The fourth-order valence-corrected chi connectivity index (χ4v) is 1.95. The Morgan fingerprint density at radius 2 is 1.84 bits per heavy atom. The third-order valence-corrected chi connectivity index (χ3v) is 3.09. The van der Waals surface area contributed by atoms with E-state index in [-0.39, 0.29) is 22.7 Å². The standard InChI is InChI=1S/C16H13F2N3O4/c1-10(16-11(17)5-4-6-12(16)18)19-20-15(22)9-25-14-8-3-2-7-13(14)21(23)24/h2-8H,9H2,1H3,(H,20,22)/b19-10-. The molecule has 1 N–H and O–H groups in total. The minimum atomic E-state index is -0.813. The predicted molar refractivity (Wildman–Crippen MR) is 85.3 cm³/mol. The minimum Gasteiger partial charge on any atom is -0.477 e. The second-order valence-electron chi connectivity index (χ2n) is 4.84. The van der Waals surface area contributed by atoms with E-state index in [0.717, 1.165) is 12.1 Å². The maximum Gasteiger partial charge on any atom is 0.310 e. The zero-order chi connectivity index (χ0) is 18.4. The topological polar surface area (TPSA) is 93.8 Å². The Kier molecular flexibility index (Phi) is 5.72. The molecule has 9 heteroatoms. The molecule has 130 valence electrons. The van der Waals surface area contributed by atoms with E-state index in [1.165, 1.54) is 37.3 Å². The molecule has 1 amide bonds. The molecule has 0 unspecified atom stereocenters. The van der Waals surface area contributed by atoms with Gasteiger partial charge in [0.1, 0.15) is 11.6 Å². The van der Waals surface area contributed by atoms with Crippen molar-refractivity contribution in [1.29, 1.82) is 0 Å². The lowest BCUT2D eigenvalue weighted by atomic mass is 10.1. The number of benzene rings is 2. The van der Waals surface area contributed by atoms with Crippen LogP contribution in [-0.4, -0.2) is 23.1 Å². The number of amides is 1. The van der Waals surface area contributed by atoms with Crippen LogP contribution < -0.4 is 10.2 Å². The Bertz CT molecular complexity index is 820. The molecule has 0 aliphatic carbocycles. The summed E-state index contributed by atoms with van der Waals surface area (Å²) < 4.78 is 32.3. The highest BCUT2D eigenvalue weighted by Gasteiger charge is 2.15. The lowest BCUT2D eigenvalue weighted by molar-refractivity contribution is -0.385. The Morgan fingerprint density at radius 1 is 1.20 bits per heavy atom. The molecule has 0 aliphatic heterocycles. The van der Waals surface area contributed by atoms with Gasteiger partial charge in [-0.15, -0.1) is 0 Å². The molecule has 2 rings (SSSR count). The summed E-state index contributed by atoms with van der Waals surface area (Å²) in [5, 5.41) is 14.4. The lowest BCUT2D eigenvalue weighted by Crippen LogP contribution is -2.26. The molecule has 0 aliphatic rings. The van der Waals surface area contributed by atoms with Gasteiger partial charge in [-0.2, -0.15) is 5.10 Å². The molecule has 0 saturated heterocycles. The third kappa shape index (κ3) is 4.56. The summed E-state index contributed by atoms with van der Waals surface area (Å²) in [5.41, 5.74) is 1.35. The maximum absolute atomic E-state index is 13.6. The first kappa shape index (κ1) is 18.0. The van der Waals surface area contributed by atoms with Gasteiger partial charge < -0.3 is 4.74 Å². The molecule has 0 radical (unpaired) electrons. The van der Waals surface area contributed by atoms with Crippen molar-refractivity contribution in [2.45, 2.75) is 6.92 Å². The number of hydrazone groups is 1. The first-order chi connectivity index (χ1) is 11.9. The molecule has 25 heavy (non-hydrogen) atoms. The van der Waals surface area contributed by atoms with Crippen LogP contribution in [0.25, 0.3) is 0 Å². The quantitative estimate of drug-likeness (QED) is 0.493. The number of carbonyl (C=O) groups excluding carboxylic acids is 1. The second kappa shape index (κ2) is 7.95. The van der Waals surface area contributed by atoms with E-state index in [9.17, 15) is 23.7 Å². The van der Waals surface area contributed by atoms with Crippen molar-refractivity contribution in [2.75, 3.05) is 6.61 Å². The number of carbonyl (C=O) groups is 1. The van der Waals surface area contributed by atoms with Crippen LogP contribution in [-0.2, 0) is 4.79 Å². The average molecular weight is 349 g/mol. The number of nitrogens with zero attached hydrogens (tertiary/aromatic N) is 2. The van der Waals surface area contributed by atoms with E-state index < -0.39 is 29.1 Å². The van der Waals surface area contributed by atoms with Crippen LogP contribution >= 0.6 is 0 Å². The van der Waals surface area contributed by atoms with Crippen LogP contribution in [0.15, 0.2) is 47.6 Å². The first-order valence-electron chi connectivity index (χ1n) is 7.04. The van der Waals surface area contributed by atoms with Crippen molar-refractivity contribution in [1.82, 2.24) is 5.43 Å². The summed E-state index contributed by atoms with van der Waals surface area (Å²) in [5.74, 6) is -2.45. The van der Waals surface area contributed by atoms with Gasteiger partial charge in [-0.25, -0.2) is 14.2 Å². The summed E-state index contributed by atoms with van der Waals surface area (Å²) in [4.78, 5) is 21.9. The van der Waals surface area contributed by atoms with E-state index >= 15 is 0 Å². The van der Waals surface area contributed by atoms with Gasteiger partial charge in [0.05, 0.1) is 16.2 Å². The van der Waals surface area contributed by atoms with Gasteiger partial charge in [0.2, 0.25) is 0 Å². The van der Waals surface area contributed by atoms with Gasteiger partial charge in [0, 0.05) is 6.07 Å². The summed E-state index contributed by atoms with van der Waals surface area (Å²) in [6.45, 7) is 0.770. The van der Waals surface area contributed by atoms with Crippen LogP contribution in [0.2, 0.25) is 0 Å². The largest absolute Gasteiger partial charge is 0.477 e. The fourth-order valence-electron chi connectivity index (χ4n) is 1.95. The van der Waals surface area contributed by atoms with Crippen LogP contribution in [0.5, 0.6) is 5.75 Å². The van der Waals surface area contributed by atoms with Crippen molar-refractivity contribution in [3.8, 4) is 5.75 Å². The molecule has 0 bridgehead atoms. The normalized spacial score (nSPS) is 11.1. The number of para-hydroxylation sites is 2. The number of nitrogens with one attached hydrogen (secondary N) is 1. The highest BCUT2D eigenvalue weighted by Crippen LogP contribution is 2.25. The smallest absolute Gasteiger partial charge is 0.310 e. The van der Waals surface area contributed by atoms with Gasteiger partial charge in [-0.1, -0.05) is 18.2 Å². The molecule has 7 nitrogen and oxygen atoms in total. The number of nitro benzene ring substituents is 1. The highest BCUT2D eigenvalue weighted by atomic mass is 19.1. The average Bonchev–Trinajstić information content (AvgIpc) is 2.58. The molecular formula is C16H13F2N3O4. The zero-order valence-corrected chi connectivity index (χ0v) is 13.0. The molecular weight excluding hydrogens is 336 g/mol. The molecule has 0 atom stereocenters. The highest BCUT2D eigenvalue weighted by molar-refractivity contribution is 5.99. The Hall–Kier alpha value is -3.36. The number of hydrogen-bond donors (Lipinski definition) is 1. The van der Waals surface area contributed by atoms with Crippen molar-refractivity contribution in [2.24, 2.45) is 5.10 Å². The fraction of sp³-hybridized carbons (Fsp3) is 0.125. The third-order valence-electron chi connectivity index (χ3n) is 3.09. The van der Waals surface area contributed by atoms with Crippen molar-refractivity contribution in [3.05, 3.63) is 69.8 Å². The van der Waals surface area contributed by atoms with Crippen LogP contribution in [0, 0.1) is 21.7 Å². The molecule has 0 saturated carbocycles. The number of hydrogen-bond acceptors (Lipinski definition) is 5. The first-order valence-corrected chi connectivity index (χ1v) is 7.04. The van der Waals surface area contributed by atoms with Crippen LogP contribution in [0.3, 0.4) is 0 Å². The van der Waals surface area contributed by atoms with Gasteiger partial charge in [0.25, 0.3) is 5.91 Å². The van der Waals surface area contributed by atoms with Crippen molar-refractivity contribution >= 4 is 17.3 Å². The maximum atomic E-state index is 13.6. The van der Waals surface area contributed by atoms with E-state index in [2.05, 4.69) is 10.5 Å². The van der Waals surface area contributed by atoms with E-state index in [1.807, 2.05) is 0 Å². The van der Waals surface area contributed by atoms with Gasteiger partial charge >= 0.3 is 5.69 Å². The zero-order valence-electron chi connectivity index (χ0n) is 13.0. The van der Waals surface area contributed by atoms with Crippen LogP contribution in [0.4, 0.5) is 14.5 Å². The molecule has 0 heterocycles. The number of halogens is 2. The number of rotatable bonds is 6. The Balaban J connectivity index is 2.00. The van der Waals surface area contributed by atoms with E-state index in [1.54, 1.807) is 0 Å². The number of ether oxygens (including phenoxy) is 1.